The number of rotatable bonds is 1. The smallest absolute Gasteiger partial charge is 0.226 e. The first-order chi connectivity index (χ1) is 7.65. The maximum Gasteiger partial charge on any atom is 0.226 e. The number of nitrogens with zero attached hydrogens (tertiary/aromatic N) is 1. The molecule has 0 atom stereocenters. The molecule has 0 radical (unpaired) electrons. The second kappa shape index (κ2) is 5.08. The summed E-state index contributed by atoms with van der Waals surface area (Å²) < 4.78 is 0. The number of carbonyl (C=O) groups excluding carboxylic acids is 1. The van der Waals surface area contributed by atoms with E-state index >= 15 is 0 Å². The zero-order valence-corrected chi connectivity index (χ0v) is 10.5. The second-order valence-corrected chi connectivity index (χ2v) is 5.09. The third-order valence-corrected chi connectivity index (χ3v) is 3.36. The molecule has 0 spiro atoms. The molecule has 1 fully saturated rings. The van der Waals surface area contributed by atoms with Gasteiger partial charge in [0.15, 0.2) is 5.17 Å². The van der Waals surface area contributed by atoms with Gasteiger partial charge in [0, 0.05) is 17.2 Å². The molecule has 0 aromatic heterocycles. The van der Waals surface area contributed by atoms with Crippen LogP contribution in [0.3, 0.4) is 0 Å². The molecular weight excluding hydrogens is 267 g/mol. The van der Waals surface area contributed by atoms with Crippen LogP contribution in [0.4, 0.5) is 5.69 Å². The summed E-state index contributed by atoms with van der Waals surface area (Å²) in [6.07, 6.45) is 0.526. The standard InChI is InChI=1S/C10H8Cl2N2OS/c11-6-1-2-8(7(12)5-6)13-10-14-9(15)3-4-16-10/h1-2,5H,3-4H2,(H,13,14,15). The van der Waals surface area contributed by atoms with Gasteiger partial charge in [-0.15, -0.1) is 0 Å². The Morgan fingerprint density at radius 3 is 2.88 bits per heavy atom. The lowest BCUT2D eigenvalue weighted by Crippen LogP contribution is -2.32. The zero-order valence-electron chi connectivity index (χ0n) is 8.17. The Hall–Kier alpha value is -0.710. The summed E-state index contributed by atoms with van der Waals surface area (Å²) in [4.78, 5) is 15.4. The van der Waals surface area contributed by atoms with Crippen LogP contribution >= 0.6 is 35.0 Å². The molecule has 1 aliphatic heterocycles. The molecule has 3 nitrogen and oxygen atoms in total. The Labute approximate surface area is 107 Å². The van der Waals surface area contributed by atoms with Gasteiger partial charge < -0.3 is 5.32 Å². The van der Waals surface area contributed by atoms with Gasteiger partial charge in [-0.1, -0.05) is 35.0 Å². The Kier molecular flexibility index (Phi) is 3.74. The number of thioether (sulfide) groups is 1. The van der Waals surface area contributed by atoms with Crippen LogP contribution in [0.25, 0.3) is 0 Å². The van der Waals surface area contributed by atoms with Gasteiger partial charge in [0.2, 0.25) is 5.91 Å². The first-order valence-corrected chi connectivity index (χ1v) is 6.36. The molecule has 0 aliphatic carbocycles. The first kappa shape index (κ1) is 11.8. The highest BCUT2D eigenvalue weighted by Gasteiger charge is 2.14. The van der Waals surface area contributed by atoms with Crippen LogP contribution in [0.5, 0.6) is 0 Å². The molecule has 1 N–H and O–H groups in total. The maximum atomic E-state index is 11.1. The van der Waals surface area contributed by atoms with Crippen molar-refractivity contribution in [1.29, 1.82) is 0 Å². The summed E-state index contributed by atoms with van der Waals surface area (Å²) in [5.74, 6) is 0.734. The highest BCUT2D eigenvalue weighted by Crippen LogP contribution is 2.29. The van der Waals surface area contributed by atoms with Crippen molar-refractivity contribution in [2.75, 3.05) is 5.75 Å². The topological polar surface area (TPSA) is 41.5 Å². The number of benzene rings is 1. The monoisotopic (exact) mass is 274 g/mol. The molecule has 0 saturated carbocycles. The van der Waals surface area contributed by atoms with E-state index in [4.69, 9.17) is 23.2 Å². The third kappa shape index (κ3) is 2.90. The van der Waals surface area contributed by atoms with Gasteiger partial charge in [-0.05, 0) is 18.2 Å². The maximum absolute atomic E-state index is 11.1. The molecular formula is C10H8Cl2N2OS. The summed E-state index contributed by atoms with van der Waals surface area (Å²) in [7, 11) is 0. The van der Waals surface area contributed by atoms with Crippen molar-refractivity contribution in [2.45, 2.75) is 6.42 Å². The molecule has 1 aliphatic rings. The van der Waals surface area contributed by atoms with Crippen LogP contribution in [0.15, 0.2) is 23.2 Å². The average Bonchev–Trinajstić information content (AvgIpc) is 2.22. The largest absolute Gasteiger partial charge is 0.305 e. The number of hydrogen-bond acceptors (Lipinski definition) is 3. The van der Waals surface area contributed by atoms with Crippen LogP contribution in [0, 0.1) is 0 Å². The number of halogens is 2. The van der Waals surface area contributed by atoms with Crippen LogP contribution < -0.4 is 5.32 Å². The zero-order chi connectivity index (χ0) is 11.5. The number of amides is 1. The molecule has 16 heavy (non-hydrogen) atoms. The lowest BCUT2D eigenvalue weighted by molar-refractivity contribution is -0.119. The molecule has 1 aromatic carbocycles. The summed E-state index contributed by atoms with van der Waals surface area (Å²) in [6, 6.07) is 5.05. The van der Waals surface area contributed by atoms with Crippen molar-refractivity contribution < 1.29 is 4.79 Å². The van der Waals surface area contributed by atoms with E-state index in [0.717, 1.165) is 5.75 Å². The lowest BCUT2D eigenvalue weighted by atomic mass is 10.3. The Morgan fingerprint density at radius 2 is 2.19 bits per heavy atom. The summed E-state index contributed by atoms with van der Waals surface area (Å²) in [5.41, 5.74) is 0.607. The quantitative estimate of drug-likeness (QED) is 0.854. The van der Waals surface area contributed by atoms with E-state index in [1.54, 1.807) is 18.2 Å². The average molecular weight is 275 g/mol. The molecule has 1 aromatic rings. The molecule has 1 amide bonds. The van der Waals surface area contributed by atoms with Gasteiger partial charge in [-0.2, -0.15) is 0 Å². The number of amidine groups is 1. The van der Waals surface area contributed by atoms with E-state index in [-0.39, 0.29) is 5.91 Å². The van der Waals surface area contributed by atoms with Crippen LogP contribution in [0.2, 0.25) is 10.0 Å². The van der Waals surface area contributed by atoms with E-state index in [1.165, 1.54) is 11.8 Å². The van der Waals surface area contributed by atoms with E-state index < -0.39 is 0 Å². The molecule has 1 saturated heterocycles. The van der Waals surface area contributed by atoms with E-state index in [1.807, 2.05) is 0 Å². The predicted octanol–water partition coefficient (Wildman–Crippen LogP) is 3.23. The highest BCUT2D eigenvalue weighted by molar-refractivity contribution is 8.14. The van der Waals surface area contributed by atoms with E-state index in [0.29, 0.717) is 27.3 Å². The molecule has 84 valence electrons. The fourth-order valence-corrected chi connectivity index (χ4v) is 2.48. The number of nitrogens with one attached hydrogen (secondary N) is 1. The number of hydrogen-bond donors (Lipinski definition) is 1. The van der Waals surface area contributed by atoms with Crippen LogP contribution in [-0.4, -0.2) is 16.8 Å². The highest BCUT2D eigenvalue weighted by atomic mass is 35.5. The van der Waals surface area contributed by atoms with Gasteiger partial charge in [0.25, 0.3) is 0 Å². The van der Waals surface area contributed by atoms with E-state index in [9.17, 15) is 4.79 Å². The minimum Gasteiger partial charge on any atom is -0.305 e. The van der Waals surface area contributed by atoms with Crippen LogP contribution in [-0.2, 0) is 4.79 Å². The van der Waals surface area contributed by atoms with Gasteiger partial charge >= 0.3 is 0 Å². The van der Waals surface area contributed by atoms with Crippen molar-refractivity contribution in [3.8, 4) is 0 Å². The van der Waals surface area contributed by atoms with Crippen molar-refractivity contribution in [3.05, 3.63) is 28.2 Å². The van der Waals surface area contributed by atoms with E-state index in [2.05, 4.69) is 10.3 Å². The SMILES string of the molecule is O=C1CCSC(=Nc2ccc(Cl)cc2Cl)N1. The summed E-state index contributed by atoms with van der Waals surface area (Å²) >= 11 is 13.2. The minimum absolute atomic E-state index is 0.0115. The van der Waals surface area contributed by atoms with Gasteiger partial charge in [0.1, 0.15) is 0 Å². The van der Waals surface area contributed by atoms with Gasteiger partial charge in [-0.3, -0.25) is 4.79 Å². The number of carbonyl (C=O) groups is 1. The second-order valence-electron chi connectivity index (χ2n) is 3.16. The molecule has 6 heteroatoms. The lowest BCUT2D eigenvalue weighted by Gasteiger charge is -2.13. The summed E-state index contributed by atoms with van der Waals surface area (Å²) in [6.45, 7) is 0. The fourth-order valence-electron chi connectivity index (χ4n) is 1.20. The van der Waals surface area contributed by atoms with Crippen molar-refractivity contribution in [2.24, 2.45) is 4.99 Å². The summed E-state index contributed by atoms with van der Waals surface area (Å²) in [5, 5.41) is 4.31. The predicted molar refractivity (Wildman–Crippen MR) is 68.8 cm³/mol. The number of aliphatic imine (C=N–C) groups is 1. The van der Waals surface area contributed by atoms with Crippen molar-refractivity contribution in [1.82, 2.24) is 5.32 Å². The molecule has 2 rings (SSSR count). The van der Waals surface area contributed by atoms with Crippen molar-refractivity contribution in [3.63, 3.8) is 0 Å². The minimum atomic E-state index is -0.0115. The first-order valence-electron chi connectivity index (χ1n) is 4.61. The Bertz CT molecular complexity index is 462. The third-order valence-electron chi connectivity index (χ3n) is 1.95. The Morgan fingerprint density at radius 1 is 1.38 bits per heavy atom. The molecule has 0 bridgehead atoms. The van der Waals surface area contributed by atoms with Gasteiger partial charge in [0.05, 0.1) is 10.7 Å². The van der Waals surface area contributed by atoms with Crippen LogP contribution in [0.1, 0.15) is 6.42 Å². The van der Waals surface area contributed by atoms with Gasteiger partial charge in [-0.25, -0.2) is 4.99 Å². The molecule has 0 unspecified atom stereocenters. The molecule has 1 heterocycles. The normalized spacial score (nSPS) is 18.6. The Balaban J connectivity index is 2.24. The van der Waals surface area contributed by atoms with Crippen molar-refractivity contribution >= 4 is 51.7 Å². The fraction of sp³-hybridized carbons (Fsp3) is 0.200.